The van der Waals surface area contributed by atoms with Crippen LogP contribution in [0.1, 0.15) is 12.5 Å². The lowest BCUT2D eigenvalue weighted by molar-refractivity contribution is -0.384. The summed E-state index contributed by atoms with van der Waals surface area (Å²) in [7, 11) is 0. The monoisotopic (exact) mass is 382 g/mol. The summed E-state index contributed by atoms with van der Waals surface area (Å²) in [5, 5.41) is 13.8. The SMILES string of the molecule is Cc1cccc(-n2ccnc2SC(C)C(=O)Nc2ccc([N+](=O)[O-])cc2)c1. The number of hydrogen-bond acceptors (Lipinski definition) is 5. The molecule has 1 amide bonds. The first kappa shape index (κ1) is 18.7. The molecule has 138 valence electrons. The van der Waals surface area contributed by atoms with Gasteiger partial charge in [0, 0.05) is 35.9 Å². The quantitative estimate of drug-likeness (QED) is 0.392. The van der Waals surface area contributed by atoms with E-state index in [9.17, 15) is 14.9 Å². The first-order chi connectivity index (χ1) is 12.9. The molecule has 1 N–H and O–H groups in total. The van der Waals surface area contributed by atoms with Crippen LogP contribution in [-0.2, 0) is 4.79 Å². The van der Waals surface area contributed by atoms with Crippen LogP contribution < -0.4 is 5.32 Å². The number of nitrogens with one attached hydrogen (secondary N) is 1. The lowest BCUT2D eigenvalue weighted by atomic mass is 10.2. The number of imidazole rings is 1. The zero-order valence-corrected chi connectivity index (χ0v) is 15.6. The number of rotatable bonds is 6. The minimum atomic E-state index is -0.477. The van der Waals surface area contributed by atoms with Crippen LogP contribution in [-0.4, -0.2) is 25.6 Å². The van der Waals surface area contributed by atoms with Gasteiger partial charge < -0.3 is 5.32 Å². The second-order valence-electron chi connectivity index (χ2n) is 5.97. The van der Waals surface area contributed by atoms with Gasteiger partial charge in [-0.05, 0) is 43.7 Å². The summed E-state index contributed by atoms with van der Waals surface area (Å²) in [5.74, 6) is -0.201. The average molecular weight is 382 g/mol. The first-order valence-electron chi connectivity index (χ1n) is 8.26. The molecule has 2 aromatic carbocycles. The number of nitrogens with zero attached hydrogens (tertiary/aromatic N) is 3. The minimum Gasteiger partial charge on any atom is -0.325 e. The Morgan fingerprint density at radius 2 is 2.00 bits per heavy atom. The highest BCUT2D eigenvalue weighted by molar-refractivity contribution is 8.00. The number of anilines is 1. The smallest absolute Gasteiger partial charge is 0.269 e. The molecule has 0 aliphatic carbocycles. The fourth-order valence-electron chi connectivity index (χ4n) is 2.47. The molecule has 0 spiro atoms. The van der Waals surface area contributed by atoms with Crippen LogP contribution >= 0.6 is 11.8 Å². The molecular weight excluding hydrogens is 364 g/mol. The van der Waals surface area contributed by atoms with E-state index in [1.54, 1.807) is 13.1 Å². The third-order valence-electron chi connectivity index (χ3n) is 3.88. The number of aromatic nitrogens is 2. The maximum Gasteiger partial charge on any atom is 0.269 e. The molecule has 8 heteroatoms. The topological polar surface area (TPSA) is 90.1 Å². The van der Waals surface area contributed by atoms with Gasteiger partial charge in [-0.3, -0.25) is 19.5 Å². The second-order valence-corrected chi connectivity index (χ2v) is 7.28. The fourth-order valence-corrected chi connectivity index (χ4v) is 3.36. The Morgan fingerprint density at radius 3 is 2.67 bits per heavy atom. The third kappa shape index (κ3) is 4.53. The molecule has 0 aliphatic rings. The van der Waals surface area contributed by atoms with Gasteiger partial charge in [0.1, 0.15) is 0 Å². The van der Waals surface area contributed by atoms with Crippen molar-refractivity contribution in [1.82, 2.24) is 9.55 Å². The molecule has 0 radical (unpaired) electrons. The fraction of sp³-hybridized carbons (Fsp3) is 0.158. The molecule has 3 rings (SSSR count). The molecule has 0 fully saturated rings. The molecule has 0 saturated heterocycles. The Balaban J connectivity index is 1.69. The minimum absolute atomic E-state index is 0.0180. The third-order valence-corrected chi connectivity index (χ3v) is 4.96. The molecule has 1 heterocycles. The molecule has 3 aromatic rings. The Hall–Kier alpha value is -3.13. The molecule has 0 bridgehead atoms. The van der Waals surface area contributed by atoms with Gasteiger partial charge in [0.05, 0.1) is 10.2 Å². The summed E-state index contributed by atoms with van der Waals surface area (Å²) >= 11 is 1.34. The summed E-state index contributed by atoms with van der Waals surface area (Å²) in [6.45, 7) is 3.81. The normalized spacial score (nSPS) is 11.8. The molecule has 1 unspecified atom stereocenters. The highest BCUT2D eigenvalue weighted by Crippen LogP contribution is 2.26. The number of non-ortho nitro benzene ring substituents is 1. The lowest BCUT2D eigenvalue weighted by Gasteiger charge is -2.13. The second kappa shape index (κ2) is 8.05. The van der Waals surface area contributed by atoms with Gasteiger partial charge in [0.25, 0.3) is 5.69 Å². The Labute approximate surface area is 160 Å². The number of benzene rings is 2. The van der Waals surface area contributed by atoms with E-state index in [2.05, 4.69) is 10.3 Å². The molecular formula is C19H18N4O3S. The highest BCUT2D eigenvalue weighted by Gasteiger charge is 2.18. The highest BCUT2D eigenvalue weighted by atomic mass is 32.2. The van der Waals surface area contributed by atoms with E-state index in [0.717, 1.165) is 11.3 Å². The van der Waals surface area contributed by atoms with Crippen LogP contribution in [0.5, 0.6) is 0 Å². The summed E-state index contributed by atoms with van der Waals surface area (Å²) in [6.07, 6.45) is 3.56. The van der Waals surface area contributed by atoms with E-state index < -0.39 is 10.2 Å². The van der Waals surface area contributed by atoms with Crippen molar-refractivity contribution in [2.24, 2.45) is 0 Å². The van der Waals surface area contributed by atoms with E-state index in [4.69, 9.17) is 0 Å². The van der Waals surface area contributed by atoms with E-state index >= 15 is 0 Å². The van der Waals surface area contributed by atoms with Crippen molar-refractivity contribution in [1.29, 1.82) is 0 Å². The van der Waals surface area contributed by atoms with E-state index in [0.29, 0.717) is 10.8 Å². The predicted octanol–water partition coefficient (Wildman–Crippen LogP) is 4.21. The van der Waals surface area contributed by atoms with Crippen molar-refractivity contribution in [3.63, 3.8) is 0 Å². The lowest BCUT2D eigenvalue weighted by Crippen LogP contribution is -2.22. The number of hydrogen-bond donors (Lipinski definition) is 1. The molecule has 1 aromatic heterocycles. The number of carbonyl (C=O) groups excluding carboxylic acids is 1. The predicted molar refractivity (Wildman–Crippen MR) is 105 cm³/mol. The number of carbonyl (C=O) groups is 1. The van der Waals surface area contributed by atoms with E-state index in [1.807, 2.05) is 42.0 Å². The van der Waals surface area contributed by atoms with Gasteiger partial charge in [-0.15, -0.1) is 0 Å². The van der Waals surface area contributed by atoms with Crippen LogP contribution in [0, 0.1) is 17.0 Å². The molecule has 0 aliphatic heterocycles. The summed E-state index contributed by atoms with van der Waals surface area (Å²) in [5.41, 5.74) is 2.62. The van der Waals surface area contributed by atoms with Crippen LogP contribution in [0.3, 0.4) is 0 Å². The maximum atomic E-state index is 12.5. The van der Waals surface area contributed by atoms with Gasteiger partial charge >= 0.3 is 0 Å². The van der Waals surface area contributed by atoms with Crippen LogP contribution in [0.2, 0.25) is 0 Å². The zero-order chi connectivity index (χ0) is 19.4. The largest absolute Gasteiger partial charge is 0.325 e. The molecule has 0 saturated carbocycles. The molecule has 1 atom stereocenters. The zero-order valence-electron chi connectivity index (χ0n) is 14.8. The van der Waals surface area contributed by atoms with Crippen molar-refractivity contribution in [3.8, 4) is 5.69 Å². The van der Waals surface area contributed by atoms with Crippen LogP contribution in [0.25, 0.3) is 5.69 Å². The Morgan fingerprint density at radius 1 is 1.26 bits per heavy atom. The number of amides is 1. The van der Waals surface area contributed by atoms with Crippen molar-refractivity contribution in [2.75, 3.05) is 5.32 Å². The summed E-state index contributed by atoms with van der Waals surface area (Å²) in [6, 6.07) is 13.8. The number of nitro groups is 1. The standard InChI is InChI=1S/C19H18N4O3S/c1-13-4-3-5-17(12-13)22-11-10-20-19(22)27-14(2)18(24)21-15-6-8-16(9-7-15)23(25)26/h3-12,14H,1-2H3,(H,21,24). The van der Waals surface area contributed by atoms with Crippen LogP contribution in [0.15, 0.2) is 66.1 Å². The summed E-state index contributed by atoms with van der Waals surface area (Å²) in [4.78, 5) is 27.0. The van der Waals surface area contributed by atoms with Gasteiger partial charge in [-0.1, -0.05) is 23.9 Å². The number of nitro benzene ring substituents is 1. The summed E-state index contributed by atoms with van der Waals surface area (Å²) < 4.78 is 1.94. The van der Waals surface area contributed by atoms with Crippen LogP contribution in [0.4, 0.5) is 11.4 Å². The Kier molecular flexibility index (Phi) is 5.56. The number of thioether (sulfide) groups is 1. The Bertz CT molecular complexity index is 969. The van der Waals surface area contributed by atoms with Gasteiger partial charge in [-0.2, -0.15) is 0 Å². The molecule has 7 nitrogen and oxygen atoms in total. The average Bonchev–Trinajstić information content (AvgIpc) is 3.10. The van der Waals surface area contributed by atoms with Crippen molar-refractivity contribution in [3.05, 3.63) is 76.6 Å². The van der Waals surface area contributed by atoms with Gasteiger partial charge in [-0.25, -0.2) is 4.98 Å². The van der Waals surface area contributed by atoms with Crippen molar-refractivity contribution >= 4 is 29.0 Å². The molecule has 27 heavy (non-hydrogen) atoms. The van der Waals surface area contributed by atoms with Gasteiger partial charge in [0.2, 0.25) is 5.91 Å². The van der Waals surface area contributed by atoms with Crippen molar-refractivity contribution in [2.45, 2.75) is 24.3 Å². The van der Waals surface area contributed by atoms with Gasteiger partial charge in [0.15, 0.2) is 5.16 Å². The van der Waals surface area contributed by atoms with Crippen molar-refractivity contribution < 1.29 is 9.72 Å². The van der Waals surface area contributed by atoms with E-state index in [-0.39, 0.29) is 11.6 Å². The number of aryl methyl sites for hydroxylation is 1. The maximum absolute atomic E-state index is 12.5. The van der Waals surface area contributed by atoms with E-state index in [1.165, 1.54) is 36.0 Å². The first-order valence-corrected chi connectivity index (χ1v) is 9.14.